The monoisotopic (exact) mass is 331 g/mol. The van der Waals surface area contributed by atoms with Gasteiger partial charge in [-0.15, -0.1) is 10.2 Å². The van der Waals surface area contributed by atoms with Crippen molar-refractivity contribution in [2.24, 2.45) is 11.8 Å². The van der Waals surface area contributed by atoms with Gasteiger partial charge in [-0.05, 0) is 54.0 Å². The molecule has 0 atom stereocenters. The minimum absolute atomic E-state index is 0.262. The first-order valence-electron chi connectivity index (χ1n) is 8.89. The van der Waals surface area contributed by atoms with Crippen LogP contribution in [0.25, 0.3) is 11.4 Å². The quantitative estimate of drug-likeness (QED) is 0.904. The van der Waals surface area contributed by atoms with Crippen molar-refractivity contribution in [3.05, 3.63) is 23.5 Å². The molecule has 6 heteroatoms. The third kappa shape index (κ3) is 3.57. The lowest BCUT2D eigenvalue weighted by Gasteiger charge is -2.34. The van der Waals surface area contributed by atoms with Crippen LogP contribution < -0.4 is 4.90 Å². The molecule has 1 aromatic heterocycles. The number of nitrogens with zero attached hydrogens (tertiary/aromatic N) is 4. The number of aromatic nitrogens is 4. The SMILES string of the molecule is CCC1CCN(c2cc(CC(C)C)cc(F)c2-c2nn[nH]n2)CC1. The Hall–Kier alpha value is -1.98. The third-order valence-corrected chi connectivity index (χ3v) is 4.87. The summed E-state index contributed by atoms with van der Waals surface area (Å²) in [6, 6.07) is 3.73. The molecule has 1 fully saturated rings. The smallest absolute Gasteiger partial charge is 0.209 e. The summed E-state index contributed by atoms with van der Waals surface area (Å²) in [6.07, 6.45) is 4.38. The Kier molecular flexibility index (Phi) is 5.11. The van der Waals surface area contributed by atoms with E-state index >= 15 is 0 Å². The number of hydrogen-bond donors (Lipinski definition) is 1. The second-order valence-electron chi connectivity index (χ2n) is 7.14. The van der Waals surface area contributed by atoms with Gasteiger partial charge >= 0.3 is 0 Å². The molecule has 24 heavy (non-hydrogen) atoms. The van der Waals surface area contributed by atoms with Gasteiger partial charge in [0.05, 0.1) is 11.3 Å². The molecular weight excluding hydrogens is 305 g/mol. The first-order chi connectivity index (χ1) is 11.6. The Morgan fingerprint density at radius 3 is 2.62 bits per heavy atom. The highest BCUT2D eigenvalue weighted by Crippen LogP contribution is 2.35. The van der Waals surface area contributed by atoms with Crippen molar-refractivity contribution in [3.63, 3.8) is 0 Å². The van der Waals surface area contributed by atoms with Crippen LogP contribution in [0.3, 0.4) is 0 Å². The molecule has 1 saturated heterocycles. The van der Waals surface area contributed by atoms with Crippen molar-refractivity contribution in [2.45, 2.75) is 46.5 Å². The van der Waals surface area contributed by atoms with Gasteiger partial charge in [-0.3, -0.25) is 0 Å². The lowest BCUT2D eigenvalue weighted by atomic mass is 9.93. The molecule has 1 N–H and O–H groups in total. The van der Waals surface area contributed by atoms with Crippen LogP contribution in [0.1, 0.15) is 45.6 Å². The van der Waals surface area contributed by atoms with E-state index in [0.717, 1.165) is 49.5 Å². The number of tetrazole rings is 1. The van der Waals surface area contributed by atoms with E-state index in [1.807, 2.05) is 0 Å². The van der Waals surface area contributed by atoms with Crippen LogP contribution in [-0.2, 0) is 6.42 Å². The summed E-state index contributed by atoms with van der Waals surface area (Å²) in [7, 11) is 0. The molecule has 2 heterocycles. The fourth-order valence-corrected chi connectivity index (χ4v) is 3.56. The lowest BCUT2D eigenvalue weighted by Crippen LogP contribution is -2.34. The number of hydrogen-bond acceptors (Lipinski definition) is 4. The van der Waals surface area contributed by atoms with Crippen molar-refractivity contribution in [2.75, 3.05) is 18.0 Å². The van der Waals surface area contributed by atoms with Gasteiger partial charge in [0.25, 0.3) is 0 Å². The fraction of sp³-hybridized carbons (Fsp3) is 0.611. The molecule has 0 aliphatic carbocycles. The number of benzene rings is 1. The molecule has 0 bridgehead atoms. The van der Waals surface area contributed by atoms with E-state index in [-0.39, 0.29) is 5.82 Å². The number of nitrogens with one attached hydrogen (secondary N) is 1. The second kappa shape index (κ2) is 7.28. The molecule has 0 unspecified atom stereocenters. The van der Waals surface area contributed by atoms with E-state index < -0.39 is 0 Å². The van der Waals surface area contributed by atoms with Crippen molar-refractivity contribution in [3.8, 4) is 11.4 Å². The summed E-state index contributed by atoms with van der Waals surface area (Å²) in [6.45, 7) is 8.45. The van der Waals surface area contributed by atoms with Gasteiger partial charge in [0.15, 0.2) is 0 Å². The first kappa shape index (κ1) is 16.9. The average Bonchev–Trinajstić information content (AvgIpc) is 3.08. The largest absolute Gasteiger partial charge is 0.371 e. The number of anilines is 1. The van der Waals surface area contributed by atoms with E-state index in [1.54, 1.807) is 6.07 Å². The van der Waals surface area contributed by atoms with Crippen molar-refractivity contribution in [1.82, 2.24) is 20.6 Å². The minimum atomic E-state index is -0.262. The van der Waals surface area contributed by atoms with E-state index in [1.165, 1.54) is 6.42 Å². The molecular formula is C18H26FN5. The Morgan fingerprint density at radius 2 is 2.04 bits per heavy atom. The number of rotatable bonds is 5. The molecule has 2 aromatic rings. The van der Waals surface area contributed by atoms with Gasteiger partial charge in [0, 0.05) is 13.1 Å². The Bertz CT molecular complexity index is 660. The fourth-order valence-electron chi connectivity index (χ4n) is 3.56. The van der Waals surface area contributed by atoms with Crippen LogP contribution in [0.5, 0.6) is 0 Å². The number of aromatic amines is 1. The van der Waals surface area contributed by atoms with Crippen LogP contribution in [0.2, 0.25) is 0 Å². The maximum Gasteiger partial charge on any atom is 0.209 e. The van der Waals surface area contributed by atoms with E-state index in [0.29, 0.717) is 17.3 Å². The Balaban J connectivity index is 1.99. The zero-order chi connectivity index (χ0) is 17.1. The van der Waals surface area contributed by atoms with Gasteiger partial charge in [0.1, 0.15) is 5.82 Å². The first-order valence-corrected chi connectivity index (χ1v) is 8.89. The molecule has 1 aliphatic heterocycles. The van der Waals surface area contributed by atoms with Crippen LogP contribution in [0, 0.1) is 17.7 Å². The predicted molar refractivity (Wildman–Crippen MR) is 93.3 cm³/mol. The summed E-state index contributed by atoms with van der Waals surface area (Å²) in [5, 5.41) is 14.1. The summed E-state index contributed by atoms with van der Waals surface area (Å²) in [4.78, 5) is 2.28. The van der Waals surface area contributed by atoms with Crippen molar-refractivity contribution < 1.29 is 4.39 Å². The molecule has 5 nitrogen and oxygen atoms in total. The molecule has 0 amide bonds. The normalized spacial score (nSPS) is 16.1. The molecule has 1 aromatic carbocycles. The van der Waals surface area contributed by atoms with Gasteiger partial charge in [0.2, 0.25) is 5.82 Å². The molecule has 3 rings (SSSR count). The standard InChI is InChI=1S/C18H26FN5/c1-4-13-5-7-24(8-6-13)16-11-14(9-12(2)3)10-15(19)17(16)18-20-22-23-21-18/h10-13H,4-9H2,1-3H3,(H,20,21,22,23). The number of H-pyrrole nitrogens is 1. The van der Waals surface area contributed by atoms with Crippen LogP contribution >= 0.6 is 0 Å². The van der Waals surface area contributed by atoms with Crippen molar-refractivity contribution >= 4 is 5.69 Å². The Labute approximate surface area is 142 Å². The average molecular weight is 331 g/mol. The zero-order valence-corrected chi connectivity index (χ0v) is 14.7. The predicted octanol–water partition coefficient (Wildman–Crippen LogP) is 3.83. The van der Waals surface area contributed by atoms with Crippen LogP contribution in [0.15, 0.2) is 12.1 Å². The highest BCUT2D eigenvalue weighted by molar-refractivity contribution is 5.75. The van der Waals surface area contributed by atoms with E-state index in [9.17, 15) is 4.39 Å². The van der Waals surface area contributed by atoms with E-state index in [4.69, 9.17) is 0 Å². The number of halogens is 1. The van der Waals surface area contributed by atoms with Gasteiger partial charge in [-0.1, -0.05) is 27.2 Å². The molecule has 1 aliphatic rings. The van der Waals surface area contributed by atoms with Gasteiger partial charge < -0.3 is 4.90 Å². The van der Waals surface area contributed by atoms with Crippen LogP contribution in [0.4, 0.5) is 10.1 Å². The van der Waals surface area contributed by atoms with E-state index in [2.05, 4.69) is 52.4 Å². The maximum absolute atomic E-state index is 14.9. The summed E-state index contributed by atoms with van der Waals surface area (Å²) in [5.41, 5.74) is 2.40. The lowest BCUT2D eigenvalue weighted by molar-refractivity contribution is 0.395. The maximum atomic E-state index is 14.9. The number of piperidine rings is 1. The third-order valence-electron chi connectivity index (χ3n) is 4.87. The summed E-state index contributed by atoms with van der Waals surface area (Å²) in [5.74, 6) is 1.33. The highest BCUT2D eigenvalue weighted by Gasteiger charge is 2.24. The van der Waals surface area contributed by atoms with Crippen LogP contribution in [-0.4, -0.2) is 33.7 Å². The van der Waals surface area contributed by atoms with Gasteiger partial charge in [-0.25, -0.2) is 4.39 Å². The highest BCUT2D eigenvalue weighted by atomic mass is 19.1. The second-order valence-corrected chi connectivity index (χ2v) is 7.14. The Morgan fingerprint density at radius 1 is 1.29 bits per heavy atom. The van der Waals surface area contributed by atoms with Gasteiger partial charge in [-0.2, -0.15) is 5.21 Å². The summed E-state index contributed by atoms with van der Waals surface area (Å²) < 4.78 is 14.9. The topological polar surface area (TPSA) is 57.7 Å². The van der Waals surface area contributed by atoms with Crippen molar-refractivity contribution in [1.29, 1.82) is 0 Å². The molecule has 0 saturated carbocycles. The molecule has 0 radical (unpaired) electrons. The minimum Gasteiger partial charge on any atom is -0.371 e. The molecule has 0 spiro atoms. The zero-order valence-electron chi connectivity index (χ0n) is 14.7. The summed E-state index contributed by atoms with van der Waals surface area (Å²) >= 11 is 0. The molecule has 130 valence electrons.